The molecule has 1 aliphatic heterocycles. The molecular formula is C10H18INO2. The summed E-state index contributed by atoms with van der Waals surface area (Å²) < 4.78 is 5.85. The van der Waals surface area contributed by atoms with Gasteiger partial charge in [0.05, 0.1) is 12.6 Å². The average Bonchev–Trinajstić information content (AvgIpc) is 2.17. The molecule has 82 valence electrons. The quantitative estimate of drug-likeness (QED) is 0.591. The van der Waals surface area contributed by atoms with E-state index in [1.807, 2.05) is 11.8 Å². The van der Waals surface area contributed by atoms with Crippen LogP contribution in [0.25, 0.3) is 0 Å². The van der Waals surface area contributed by atoms with Crippen molar-refractivity contribution in [3.05, 3.63) is 0 Å². The van der Waals surface area contributed by atoms with E-state index >= 15 is 0 Å². The van der Waals surface area contributed by atoms with Gasteiger partial charge in [0.1, 0.15) is 4.11 Å². The van der Waals surface area contributed by atoms with Crippen LogP contribution in [0.1, 0.15) is 33.1 Å². The summed E-state index contributed by atoms with van der Waals surface area (Å²) in [6, 6.07) is 0. The van der Waals surface area contributed by atoms with Crippen LogP contribution in [0.4, 0.5) is 0 Å². The van der Waals surface area contributed by atoms with E-state index in [2.05, 4.69) is 29.5 Å². The minimum atomic E-state index is 0.159. The number of amides is 1. The molecule has 0 bridgehead atoms. The van der Waals surface area contributed by atoms with Crippen molar-refractivity contribution in [1.29, 1.82) is 0 Å². The van der Waals surface area contributed by atoms with Crippen molar-refractivity contribution < 1.29 is 9.53 Å². The predicted molar refractivity (Wildman–Crippen MR) is 64.5 cm³/mol. The van der Waals surface area contributed by atoms with Crippen LogP contribution in [0.15, 0.2) is 0 Å². The molecule has 3 nitrogen and oxygen atoms in total. The van der Waals surface area contributed by atoms with Crippen LogP contribution in [0, 0.1) is 0 Å². The third-order valence-electron chi connectivity index (χ3n) is 2.40. The van der Waals surface area contributed by atoms with Crippen molar-refractivity contribution in [3.8, 4) is 0 Å². The van der Waals surface area contributed by atoms with Crippen LogP contribution in [0.3, 0.4) is 0 Å². The van der Waals surface area contributed by atoms with Gasteiger partial charge in [0.25, 0.3) is 0 Å². The number of hydrogen-bond donors (Lipinski definition) is 0. The van der Waals surface area contributed by atoms with Crippen LogP contribution in [0.2, 0.25) is 0 Å². The molecule has 0 aliphatic carbocycles. The van der Waals surface area contributed by atoms with E-state index in [0.717, 1.165) is 25.9 Å². The van der Waals surface area contributed by atoms with Crippen LogP contribution in [-0.4, -0.2) is 34.1 Å². The monoisotopic (exact) mass is 311 g/mol. The highest BCUT2D eigenvalue weighted by molar-refractivity contribution is 14.1. The molecule has 0 aromatic rings. The Morgan fingerprint density at radius 3 is 2.79 bits per heavy atom. The first-order chi connectivity index (χ1) is 6.67. The molecule has 1 amide bonds. The zero-order valence-electron chi connectivity index (χ0n) is 8.83. The van der Waals surface area contributed by atoms with Crippen LogP contribution < -0.4 is 0 Å². The number of hydrogen-bond acceptors (Lipinski definition) is 2. The Labute approximate surface area is 99.3 Å². The summed E-state index contributed by atoms with van der Waals surface area (Å²) in [5, 5.41) is 0. The van der Waals surface area contributed by atoms with Gasteiger partial charge in [-0.2, -0.15) is 0 Å². The standard InChI is InChI=1S/C10H18INO2/c1-3-5-10(13)12-6-8(4-2)14-9(11)7-12/h8-9H,3-7H2,1-2H3/t8-,9-/m1/s1. The van der Waals surface area contributed by atoms with Crippen molar-refractivity contribution in [2.24, 2.45) is 0 Å². The number of alkyl halides is 1. The average molecular weight is 311 g/mol. The van der Waals surface area contributed by atoms with Gasteiger partial charge in [0.2, 0.25) is 5.91 Å². The molecule has 2 atom stereocenters. The van der Waals surface area contributed by atoms with Gasteiger partial charge in [-0.25, -0.2) is 0 Å². The Morgan fingerprint density at radius 2 is 2.21 bits per heavy atom. The molecule has 1 fully saturated rings. The molecule has 0 N–H and O–H groups in total. The third-order valence-corrected chi connectivity index (χ3v) is 3.09. The zero-order chi connectivity index (χ0) is 10.6. The lowest BCUT2D eigenvalue weighted by atomic mass is 10.2. The molecular weight excluding hydrogens is 293 g/mol. The maximum Gasteiger partial charge on any atom is 0.222 e. The molecule has 0 spiro atoms. The van der Waals surface area contributed by atoms with Gasteiger partial charge in [-0.05, 0) is 35.4 Å². The van der Waals surface area contributed by atoms with E-state index in [-0.39, 0.29) is 16.1 Å². The van der Waals surface area contributed by atoms with E-state index < -0.39 is 0 Å². The number of carbonyl (C=O) groups is 1. The fourth-order valence-corrected chi connectivity index (χ4v) is 2.48. The summed E-state index contributed by atoms with van der Waals surface area (Å²) in [4.78, 5) is 13.6. The molecule has 14 heavy (non-hydrogen) atoms. The maximum atomic E-state index is 11.7. The Hall–Kier alpha value is 0.160. The van der Waals surface area contributed by atoms with Crippen molar-refractivity contribution in [3.63, 3.8) is 0 Å². The van der Waals surface area contributed by atoms with Gasteiger partial charge < -0.3 is 9.64 Å². The Morgan fingerprint density at radius 1 is 1.50 bits per heavy atom. The van der Waals surface area contributed by atoms with Crippen molar-refractivity contribution in [1.82, 2.24) is 4.90 Å². The number of rotatable bonds is 3. The SMILES string of the molecule is CCCC(=O)N1C[C@@H](CC)O[C@@H](I)C1. The molecule has 1 aliphatic rings. The van der Waals surface area contributed by atoms with E-state index in [4.69, 9.17) is 4.74 Å². The van der Waals surface area contributed by atoms with Gasteiger partial charge in [-0.3, -0.25) is 4.79 Å². The van der Waals surface area contributed by atoms with Crippen LogP contribution in [-0.2, 0) is 9.53 Å². The van der Waals surface area contributed by atoms with E-state index in [1.54, 1.807) is 0 Å². The summed E-state index contributed by atoms with van der Waals surface area (Å²) >= 11 is 2.26. The molecule has 0 aromatic carbocycles. The molecule has 1 rings (SSSR count). The lowest BCUT2D eigenvalue weighted by Gasteiger charge is -2.35. The highest BCUT2D eigenvalue weighted by Gasteiger charge is 2.27. The second kappa shape index (κ2) is 5.90. The van der Waals surface area contributed by atoms with Gasteiger partial charge in [0, 0.05) is 13.0 Å². The van der Waals surface area contributed by atoms with Crippen molar-refractivity contribution in [2.45, 2.75) is 43.3 Å². The second-order valence-electron chi connectivity index (χ2n) is 3.63. The number of carbonyl (C=O) groups excluding carboxylic acids is 1. The molecule has 0 saturated carbocycles. The maximum absolute atomic E-state index is 11.7. The lowest BCUT2D eigenvalue weighted by Crippen LogP contribution is -2.47. The molecule has 0 unspecified atom stereocenters. The number of halogens is 1. The fourth-order valence-electron chi connectivity index (χ4n) is 1.59. The van der Waals surface area contributed by atoms with Crippen molar-refractivity contribution >= 4 is 28.5 Å². The molecule has 0 aromatic heterocycles. The second-order valence-corrected chi connectivity index (χ2v) is 5.01. The normalized spacial score (nSPS) is 27.8. The zero-order valence-corrected chi connectivity index (χ0v) is 11.0. The summed E-state index contributed by atoms with van der Waals surface area (Å²) in [6.07, 6.45) is 2.81. The molecule has 0 radical (unpaired) electrons. The Bertz CT molecular complexity index is 199. The minimum Gasteiger partial charge on any atom is -0.361 e. The number of nitrogens with zero attached hydrogens (tertiary/aromatic N) is 1. The number of morpholine rings is 1. The van der Waals surface area contributed by atoms with Gasteiger partial charge in [0.15, 0.2) is 0 Å². The van der Waals surface area contributed by atoms with Gasteiger partial charge in [-0.15, -0.1) is 0 Å². The molecule has 1 saturated heterocycles. The first kappa shape index (κ1) is 12.2. The van der Waals surface area contributed by atoms with Crippen LogP contribution in [0.5, 0.6) is 0 Å². The van der Waals surface area contributed by atoms with Gasteiger partial charge >= 0.3 is 0 Å². The smallest absolute Gasteiger partial charge is 0.222 e. The summed E-state index contributed by atoms with van der Waals surface area (Å²) in [7, 11) is 0. The summed E-state index contributed by atoms with van der Waals surface area (Å²) in [5.41, 5.74) is 0. The first-order valence-electron chi connectivity index (χ1n) is 5.24. The topological polar surface area (TPSA) is 29.5 Å². The van der Waals surface area contributed by atoms with Gasteiger partial charge in [-0.1, -0.05) is 13.8 Å². The lowest BCUT2D eigenvalue weighted by molar-refractivity contribution is -0.139. The van der Waals surface area contributed by atoms with E-state index in [1.165, 1.54) is 0 Å². The summed E-state index contributed by atoms with van der Waals surface area (Å²) in [5.74, 6) is 0.274. The molecule has 4 heteroatoms. The number of ether oxygens (including phenoxy) is 1. The predicted octanol–water partition coefficient (Wildman–Crippen LogP) is 2.18. The minimum absolute atomic E-state index is 0.159. The Kier molecular flexibility index (Phi) is 5.15. The first-order valence-corrected chi connectivity index (χ1v) is 6.49. The highest BCUT2D eigenvalue weighted by Crippen LogP contribution is 2.18. The van der Waals surface area contributed by atoms with Crippen molar-refractivity contribution in [2.75, 3.05) is 13.1 Å². The fraction of sp³-hybridized carbons (Fsp3) is 0.900. The Balaban J connectivity index is 2.48. The van der Waals surface area contributed by atoms with E-state index in [9.17, 15) is 4.79 Å². The third kappa shape index (κ3) is 3.38. The van der Waals surface area contributed by atoms with Crippen LogP contribution >= 0.6 is 22.6 Å². The highest BCUT2D eigenvalue weighted by atomic mass is 127. The van der Waals surface area contributed by atoms with E-state index in [0.29, 0.717) is 6.42 Å². The largest absolute Gasteiger partial charge is 0.361 e. The molecule has 1 heterocycles. The summed E-state index contributed by atoms with van der Waals surface area (Å²) in [6.45, 7) is 5.66.